The normalized spacial score (nSPS) is 25.3. The summed E-state index contributed by atoms with van der Waals surface area (Å²) in [5, 5.41) is 0. The van der Waals surface area contributed by atoms with Crippen molar-refractivity contribution in [3.63, 3.8) is 0 Å². The Balaban J connectivity index is 2.11. The quantitative estimate of drug-likeness (QED) is 0.548. The van der Waals surface area contributed by atoms with Crippen molar-refractivity contribution in [1.82, 2.24) is 4.90 Å². The maximum Gasteiger partial charge on any atom is 0.0933 e. The van der Waals surface area contributed by atoms with Crippen LogP contribution in [-0.2, 0) is 0 Å². The van der Waals surface area contributed by atoms with E-state index in [0.717, 1.165) is 18.2 Å². The highest BCUT2D eigenvalue weighted by Gasteiger charge is 2.16. The lowest BCUT2D eigenvalue weighted by Gasteiger charge is -2.29. The summed E-state index contributed by atoms with van der Waals surface area (Å²) in [7, 11) is 3.98. The average Bonchev–Trinajstić information content (AvgIpc) is 2.17. The van der Waals surface area contributed by atoms with Crippen molar-refractivity contribution in [3.05, 3.63) is 0 Å². The van der Waals surface area contributed by atoms with E-state index in [1.807, 2.05) is 0 Å². The Morgan fingerprint density at radius 2 is 2.36 bits per heavy atom. The number of hydrogen-bond acceptors (Lipinski definition) is 2. The second-order valence-electron chi connectivity index (χ2n) is 4.38. The van der Waals surface area contributed by atoms with Gasteiger partial charge in [-0.3, -0.25) is 4.99 Å². The van der Waals surface area contributed by atoms with Crippen molar-refractivity contribution in [2.75, 3.05) is 27.2 Å². The molecule has 0 amide bonds. The highest BCUT2D eigenvalue weighted by molar-refractivity contribution is 5.79. The third-order valence-electron chi connectivity index (χ3n) is 3.05. The molecule has 0 aliphatic carbocycles. The summed E-state index contributed by atoms with van der Waals surface area (Å²) >= 11 is 0. The van der Waals surface area contributed by atoms with Crippen molar-refractivity contribution in [2.45, 2.75) is 32.1 Å². The van der Waals surface area contributed by atoms with Crippen LogP contribution in [0.3, 0.4) is 0 Å². The lowest BCUT2D eigenvalue weighted by Crippen LogP contribution is -2.32. The summed E-state index contributed by atoms with van der Waals surface area (Å²) in [4.78, 5) is 6.41. The molecule has 0 aromatic carbocycles. The molecule has 1 heterocycles. The van der Waals surface area contributed by atoms with Crippen LogP contribution in [-0.4, -0.2) is 37.9 Å². The summed E-state index contributed by atoms with van der Waals surface area (Å²) in [6.07, 6.45) is 6.23. The van der Waals surface area contributed by atoms with Gasteiger partial charge in [0, 0.05) is 20.0 Å². The fourth-order valence-corrected chi connectivity index (χ4v) is 2.19. The molecule has 1 atom stereocenters. The predicted octanol–water partition coefficient (Wildman–Crippen LogP) is 1.49. The second-order valence-corrected chi connectivity index (χ2v) is 4.38. The van der Waals surface area contributed by atoms with E-state index < -0.39 is 0 Å². The van der Waals surface area contributed by atoms with Crippen LogP contribution in [0.15, 0.2) is 4.99 Å². The van der Waals surface area contributed by atoms with Crippen molar-refractivity contribution < 1.29 is 0 Å². The fraction of sp³-hybridized carbons (Fsp3) is 0.909. The number of piperidine rings is 1. The highest BCUT2D eigenvalue weighted by atomic mass is 15.1. The monoisotopic (exact) mass is 197 g/mol. The molecule has 0 aromatic rings. The van der Waals surface area contributed by atoms with E-state index in [2.05, 4.69) is 16.9 Å². The molecule has 1 saturated heterocycles. The van der Waals surface area contributed by atoms with Crippen LogP contribution in [0.1, 0.15) is 32.1 Å². The average molecular weight is 197 g/mol. The van der Waals surface area contributed by atoms with E-state index in [9.17, 15) is 0 Å². The molecule has 14 heavy (non-hydrogen) atoms. The molecular weight excluding hydrogens is 174 g/mol. The van der Waals surface area contributed by atoms with Crippen LogP contribution >= 0.6 is 0 Å². The molecule has 1 unspecified atom stereocenters. The third kappa shape index (κ3) is 4.09. The first-order valence-electron chi connectivity index (χ1n) is 5.62. The van der Waals surface area contributed by atoms with E-state index >= 15 is 0 Å². The van der Waals surface area contributed by atoms with Gasteiger partial charge in [0.2, 0.25) is 0 Å². The summed E-state index contributed by atoms with van der Waals surface area (Å²) in [5.41, 5.74) is 5.66. The molecule has 1 fully saturated rings. The Morgan fingerprint density at radius 3 is 3.00 bits per heavy atom. The molecule has 1 rings (SSSR count). The van der Waals surface area contributed by atoms with Crippen molar-refractivity contribution >= 4 is 5.84 Å². The molecule has 2 N–H and O–H groups in total. The summed E-state index contributed by atoms with van der Waals surface area (Å²) < 4.78 is 0. The number of amidine groups is 1. The molecule has 0 aromatic heterocycles. The number of likely N-dealkylation sites (tertiary alicyclic amines) is 1. The van der Waals surface area contributed by atoms with Crippen LogP contribution in [0.2, 0.25) is 0 Å². The molecular formula is C11H23N3. The summed E-state index contributed by atoms with van der Waals surface area (Å²) in [6.45, 7) is 2.54. The fourth-order valence-electron chi connectivity index (χ4n) is 2.19. The number of hydrogen-bond donors (Lipinski definition) is 1. The van der Waals surface area contributed by atoms with Gasteiger partial charge < -0.3 is 10.6 Å². The summed E-state index contributed by atoms with van der Waals surface area (Å²) in [6, 6.07) is 0. The lowest BCUT2D eigenvalue weighted by atomic mass is 9.93. The first kappa shape index (κ1) is 11.5. The molecule has 0 radical (unpaired) electrons. The van der Waals surface area contributed by atoms with Gasteiger partial charge in [0.05, 0.1) is 5.84 Å². The number of rotatable bonds is 4. The van der Waals surface area contributed by atoms with Crippen molar-refractivity contribution in [2.24, 2.45) is 16.6 Å². The topological polar surface area (TPSA) is 41.6 Å². The van der Waals surface area contributed by atoms with Crippen molar-refractivity contribution in [1.29, 1.82) is 0 Å². The van der Waals surface area contributed by atoms with Gasteiger partial charge in [0.1, 0.15) is 0 Å². The zero-order valence-corrected chi connectivity index (χ0v) is 9.50. The molecule has 3 nitrogen and oxygen atoms in total. The maximum atomic E-state index is 5.66. The molecule has 1 aliphatic heterocycles. The lowest BCUT2D eigenvalue weighted by molar-refractivity contribution is 0.200. The maximum absolute atomic E-state index is 5.66. The van der Waals surface area contributed by atoms with Crippen molar-refractivity contribution in [3.8, 4) is 0 Å². The Labute approximate surface area is 87.4 Å². The van der Waals surface area contributed by atoms with Crippen LogP contribution in [0, 0.1) is 5.92 Å². The van der Waals surface area contributed by atoms with Gasteiger partial charge in [-0.1, -0.05) is 0 Å². The minimum Gasteiger partial charge on any atom is -0.387 e. The predicted molar refractivity (Wildman–Crippen MR) is 61.6 cm³/mol. The van der Waals surface area contributed by atoms with Gasteiger partial charge in [-0.25, -0.2) is 0 Å². The van der Waals surface area contributed by atoms with Gasteiger partial charge in [-0.15, -0.1) is 0 Å². The number of nitrogens with zero attached hydrogens (tertiary/aromatic N) is 2. The molecule has 0 saturated carbocycles. The van der Waals surface area contributed by atoms with Crippen LogP contribution in [0.25, 0.3) is 0 Å². The van der Waals surface area contributed by atoms with Gasteiger partial charge in [0.25, 0.3) is 0 Å². The van der Waals surface area contributed by atoms with E-state index in [4.69, 9.17) is 5.73 Å². The molecule has 3 heteroatoms. The summed E-state index contributed by atoms with van der Waals surface area (Å²) in [5.74, 6) is 1.69. The Hall–Kier alpha value is -0.570. The molecule has 0 bridgehead atoms. The highest BCUT2D eigenvalue weighted by Crippen LogP contribution is 2.20. The van der Waals surface area contributed by atoms with E-state index in [1.165, 1.54) is 38.8 Å². The minimum atomic E-state index is 0.800. The smallest absolute Gasteiger partial charge is 0.0933 e. The molecule has 0 spiro atoms. The van der Waals surface area contributed by atoms with Gasteiger partial charge in [-0.05, 0) is 45.2 Å². The van der Waals surface area contributed by atoms with Gasteiger partial charge in [0.15, 0.2) is 0 Å². The van der Waals surface area contributed by atoms with E-state index in [1.54, 1.807) is 7.05 Å². The zero-order valence-electron chi connectivity index (χ0n) is 9.50. The Bertz CT molecular complexity index is 189. The SMILES string of the molecule is CN=C(N)CCCC1CCCN(C)C1. The largest absolute Gasteiger partial charge is 0.387 e. The first-order chi connectivity index (χ1) is 6.72. The second kappa shape index (κ2) is 6.02. The first-order valence-corrected chi connectivity index (χ1v) is 5.62. The zero-order chi connectivity index (χ0) is 10.4. The Kier molecular flexibility index (Phi) is 4.94. The van der Waals surface area contributed by atoms with E-state index in [-0.39, 0.29) is 0 Å². The van der Waals surface area contributed by atoms with E-state index in [0.29, 0.717) is 0 Å². The number of nitrogens with two attached hydrogens (primary N) is 1. The standard InChI is InChI=1S/C11H23N3/c1-13-11(12)7-3-5-10-6-4-8-14(2)9-10/h10H,3-9H2,1-2H3,(H2,12,13). The van der Waals surface area contributed by atoms with Gasteiger partial charge in [-0.2, -0.15) is 0 Å². The molecule has 82 valence electrons. The minimum absolute atomic E-state index is 0.800. The Morgan fingerprint density at radius 1 is 1.57 bits per heavy atom. The molecule has 1 aliphatic rings. The van der Waals surface area contributed by atoms with Crippen LogP contribution in [0.4, 0.5) is 0 Å². The van der Waals surface area contributed by atoms with Gasteiger partial charge >= 0.3 is 0 Å². The number of aliphatic imine (C=N–C) groups is 1. The third-order valence-corrected chi connectivity index (χ3v) is 3.05. The van der Waals surface area contributed by atoms with Crippen LogP contribution in [0.5, 0.6) is 0 Å². The van der Waals surface area contributed by atoms with Crippen LogP contribution < -0.4 is 5.73 Å².